The molecule has 2 unspecified atom stereocenters. The van der Waals surface area contributed by atoms with Crippen molar-refractivity contribution in [1.29, 1.82) is 0 Å². The first-order chi connectivity index (χ1) is 12.4. The molecular weight excluding hydrogens is 361 g/mol. The minimum absolute atomic E-state index is 0.0753. The highest BCUT2D eigenvalue weighted by Crippen LogP contribution is 2.33. The fraction of sp³-hybridized carbons (Fsp3) is 0.632. The van der Waals surface area contributed by atoms with Gasteiger partial charge in [-0.05, 0) is 63.2 Å². The lowest BCUT2D eigenvalue weighted by atomic mass is 9.89. The summed E-state index contributed by atoms with van der Waals surface area (Å²) in [6.45, 7) is 2.15. The Labute approximate surface area is 156 Å². The van der Waals surface area contributed by atoms with E-state index in [1.165, 1.54) is 37.1 Å². The molecule has 1 aromatic carbocycles. The standard InChI is InChI=1S/C19H25F3N2OS/c1-26-17-12-13(19(20,21)22)8-9-14(17)18(25)23-15-6-2-3-7-16(15)24-10-4-5-11-24/h8-9,12,15-16H,2-7,10-11H2,1H3,(H,23,25). The van der Waals surface area contributed by atoms with Crippen molar-refractivity contribution >= 4 is 17.7 Å². The first-order valence-corrected chi connectivity index (χ1v) is 10.4. The first-order valence-electron chi connectivity index (χ1n) is 9.20. The van der Waals surface area contributed by atoms with Gasteiger partial charge in [-0.15, -0.1) is 11.8 Å². The third-order valence-corrected chi connectivity index (χ3v) is 6.21. The molecule has 1 amide bonds. The number of nitrogens with zero attached hydrogens (tertiary/aromatic N) is 1. The van der Waals surface area contributed by atoms with Crippen LogP contribution in [0.5, 0.6) is 0 Å². The number of rotatable bonds is 4. The smallest absolute Gasteiger partial charge is 0.348 e. The molecular formula is C19H25F3N2OS. The molecule has 2 atom stereocenters. The third kappa shape index (κ3) is 4.36. The number of likely N-dealkylation sites (tertiary alicyclic amines) is 1. The molecule has 1 saturated carbocycles. The molecule has 1 saturated heterocycles. The van der Waals surface area contributed by atoms with Crippen LogP contribution in [0.15, 0.2) is 23.1 Å². The monoisotopic (exact) mass is 386 g/mol. The van der Waals surface area contributed by atoms with Gasteiger partial charge in [0, 0.05) is 17.0 Å². The van der Waals surface area contributed by atoms with Crippen LogP contribution >= 0.6 is 11.8 Å². The molecule has 1 aliphatic heterocycles. The van der Waals surface area contributed by atoms with Crippen molar-refractivity contribution in [3.8, 4) is 0 Å². The van der Waals surface area contributed by atoms with Crippen molar-refractivity contribution in [2.24, 2.45) is 0 Å². The summed E-state index contributed by atoms with van der Waals surface area (Å²) in [6.07, 6.45) is 3.96. The largest absolute Gasteiger partial charge is 0.416 e. The highest BCUT2D eigenvalue weighted by Gasteiger charge is 2.34. The second kappa shape index (κ2) is 8.21. The number of benzene rings is 1. The van der Waals surface area contributed by atoms with E-state index in [0.29, 0.717) is 16.5 Å². The van der Waals surface area contributed by atoms with Crippen molar-refractivity contribution in [2.45, 2.75) is 61.7 Å². The molecule has 144 valence electrons. The Morgan fingerprint density at radius 2 is 1.85 bits per heavy atom. The molecule has 1 N–H and O–H groups in total. The van der Waals surface area contributed by atoms with E-state index < -0.39 is 11.7 Å². The predicted molar refractivity (Wildman–Crippen MR) is 97.5 cm³/mol. The molecule has 3 rings (SSSR count). The fourth-order valence-electron chi connectivity index (χ4n) is 4.09. The van der Waals surface area contributed by atoms with Crippen LogP contribution in [0.25, 0.3) is 0 Å². The van der Waals surface area contributed by atoms with Gasteiger partial charge in [-0.1, -0.05) is 12.8 Å². The normalized spacial score (nSPS) is 24.6. The van der Waals surface area contributed by atoms with E-state index in [-0.39, 0.29) is 11.9 Å². The quantitative estimate of drug-likeness (QED) is 0.770. The summed E-state index contributed by atoms with van der Waals surface area (Å²) < 4.78 is 38.8. The Kier molecular flexibility index (Phi) is 6.17. The molecule has 2 fully saturated rings. The minimum Gasteiger partial charge on any atom is -0.348 e. The fourth-order valence-corrected chi connectivity index (χ4v) is 4.72. The molecule has 0 radical (unpaired) electrons. The van der Waals surface area contributed by atoms with E-state index >= 15 is 0 Å². The highest BCUT2D eigenvalue weighted by molar-refractivity contribution is 7.98. The number of hydrogen-bond donors (Lipinski definition) is 1. The topological polar surface area (TPSA) is 32.3 Å². The summed E-state index contributed by atoms with van der Waals surface area (Å²) >= 11 is 1.17. The summed E-state index contributed by atoms with van der Waals surface area (Å²) in [5.74, 6) is -0.265. The van der Waals surface area contributed by atoms with Crippen molar-refractivity contribution in [3.63, 3.8) is 0 Å². The number of alkyl halides is 3. The average molecular weight is 386 g/mol. The summed E-state index contributed by atoms with van der Waals surface area (Å²) in [6, 6.07) is 3.79. The van der Waals surface area contributed by atoms with Crippen molar-refractivity contribution in [2.75, 3.05) is 19.3 Å². The van der Waals surface area contributed by atoms with Gasteiger partial charge >= 0.3 is 6.18 Å². The van der Waals surface area contributed by atoms with Crippen LogP contribution in [0, 0.1) is 0 Å². The number of amides is 1. The zero-order valence-electron chi connectivity index (χ0n) is 14.9. The summed E-state index contributed by atoms with van der Waals surface area (Å²) in [5, 5.41) is 3.12. The SMILES string of the molecule is CSc1cc(C(F)(F)F)ccc1C(=O)NC1CCCCC1N1CCCC1. The Balaban J connectivity index is 1.76. The van der Waals surface area contributed by atoms with Crippen molar-refractivity contribution in [3.05, 3.63) is 29.3 Å². The highest BCUT2D eigenvalue weighted by atomic mass is 32.2. The van der Waals surface area contributed by atoms with Gasteiger partial charge in [-0.3, -0.25) is 9.69 Å². The molecule has 0 bridgehead atoms. The average Bonchev–Trinajstić information content (AvgIpc) is 3.15. The second-order valence-electron chi connectivity index (χ2n) is 7.09. The molecule has 3 nitrogen and oxygen atoms in total. The van der Waals surface area contributed by atoms with Crippen molar-refractivity contribution in [1.82, 2.24) is 10.2 Å². The zero-order valence-corrected chi connectivity index (χ0v) is 15.8. The number of thioether (sulfide) groups is 1. The Morgan fingerprint density at radius 1 is 1.15 bits per heavy atom. The number of carbonyl (C=O) groups excluding carboxylic acids is 1. The molecule has 1 aromatic rings. The molecule has 26 heavy (non-hydrogen) atoms. The molecule has 0 aromatic heterocycles. The predicted octanol–water partition coefficient (Wildman–Crippen LogP) is 4.56. The zero-order chi connectivity index (χ0) is 18.7. The van der Waals surface area contributed by atoms with Crippen LogP contribution in [0.3, 0.4) is 0 Å². The van der Waals surface area contributed by atoms with E-state index in [9.17, 15) is 18.0 Å². The maximum atomic E-state index is 12.9. The van der Waals surface area contributed by atoms with Crippen LogP contribution in [-0.2, 0) is 6.18 Å². The van der Waals surface area contributed by atoms with Gasteiger partial charge in [0.15, 0.2) is 0 Å². The Bertz CT molecular complexity index is 644. The van der Waals surface area contributed by atoms with Gasteiger partial charge in [0.05, 0.1) is 11.1 Å². The molecule has 2 aliphatic rings. The summed E-state index contributed by atoms with van der Waals surface area (Å²) in [4.78, 5) is 15.6. The summed E-state index contributed by atoms with van der Waals surface area (Å²) in [7, 11) is 0. The van der Waals surface area contributed by atoms with Crippen LogP contribution in [0.2, 0.25) is 0 Å². The van der Waals surface area contributed by atoms with Gasteiger partial charge in [0.2, 0.25) is 0 Å². The van der Waals surface area contributed by atoms with Gasteiger partial charge in [0.1, 0.15) is 0 Å². The van der Waals surface area contributed by atoms with E-state index in [4.69, 9.17) is 0 Å². The van der Waals surface area contributed by atoms with E-state index in [0.717, 1.165) is 44.5 Å². The maximum Gasteiger partial charge on any atom is 0.416 e. The third-order valence-electron chi connectivity index (χ3n) is 5.43. The van der Waals surface area contributed by atoms with Crippen LogP contribution < -0.4 is 5.32 Å². The molecule has 0 spiro atoms. The van der Waals surface area contributed by atoms with Crippen molar-refractivity contribution < 1.29 is 18.0 Å². The maximum absolute atomic E-state index is 12.9. The first kappa shape index (κ1) is 19.5. The molecule has 1 heterocycles. The number of hydrogen-bond acceptors (Lipinski definition) is 3. The number of carbonyl (C=O) groups is 1. The lowest BCUT2D eigenvalue weighted by Crippen LogP contribution is -2.52. The van der Waals surface area contributed by atoms with Gasteiger partial charge < -0.3 is 5.32 Å². The lowest BCUT2D eigenvalue weighted by Gasteiger charge is -2.38. The Hall–Kier alpha value is -1.21. The van der Waals surface area contributed by atoms with Crippen LogP contribution in [-0.4, -0.2) is 42.2 Å². The van der Waals surface area contributed by atoms with E-state index in [2.05, 4.69) is 10.2 Å². The van der Waals surface area contributed by atoms with Crippen LogP contribution in [0.4, 0.5) is 13.2 Å². The lowest BCUT2D eigenvalue weighted by molar-refractivity contribution is -0.137. The van der Waals surface area contributed by atoms with E-state index in [1.54, 1.807) is 6.26 Å². The summed E-state index contributed by atoms with van der Waals surface area (Å²) in [5.41, 5.74) is -0.387. The van der Waals surface area contributed by atoms with E-state index in [1.807, 2.05) is 0 Å². The van der Waals surface area contributed by atoms with Crippen LogP contribution in [0.1, 0.15) is 54.4 Å². The minimum atomic E-state index is -4.40. The molecule has 7 heteroatoms. The number of halogens is 3. The van der Waals surface area contributed by atoms with Gasteiger partial charge in [-0.25, -0.2) is 0 Å². The number of nitrogens with one attached hydrogen (secondary N) is 1. The van der Waals surface area contributed by atoms with Gasteiger partial charge in [-0.2, -0.15) is 13.2 Å². The Morgan fingerprint density at radius 3 is 2.50 bits per heavy atom. The van der Waals surface area contributed by atoms with Gasteiger partial charge in [0.25, 0.3) is 5.91 Å². The molecule has 1 aliphatic carbocycles. The second-order valence-corrected chi connectivity index (χ2v) is 7.94.